The second kappa shape index (κ2) is 14.4. The number of aromatic nitrogens is 2. The maximum atomic E-state index is 5.51. The molecular weight excluding hydrogens is 517 g/mol. The maximum Gasteiger partial charge on any atom is 0.143 e. The molecule has 0 spiro atoms. The second-order valence-corrected chi connectivity index (χ2v) is 12.0. The molecule has 39 heavy (non-hydrogen) atoms. The highest BCUT2D eigenvalue weighted by Crippen LogP contribution is 2.44. The van der Waals surface area contributed by atoms with Crippen LogP contribution in [0.2, 0.25) is 0 Å². The average Bonchev–Trinajstić information content (AvgIpc) is 3.43. The van der Waals surface area contributed by atoms with Crippen LogP contribution in [-0.4, -0.2) is 10.3 Å². The van der Waals surface area contributed by atoms with E-state index in [9.17, 15) is 0 Å². The quantitative estimate of drug-likeness (QED) is 0.151. The summed E-state index contributed by atoms with van der Waals surface area (Å²) in [6.07, 6.45) is 11.9. The Bertz CT molecular complexity index is 1230. The zero-order chi connectivity index (χ0) is 27.8. The standard InChI is InChI=1S/C34H44N2OS2/c1-5-9-11-23(7-3)21-29-30(22-24(8-4)12-10-6-2)32(26-15-19-28(39)20-16-26)34-33(35-37-36-34)31(29)25-13-17-27(38)18-14-25/h13-20,23-24,38-39H,5-12,21-22H2,1-4H3. The molecule has 1 aromatic heterocycles. The molecule has 3 aromatic carbocycles. The number of nitrogens with zero attached hydrogens (tertiary/aromatic N) is 2. The van der Waals surface area contributed by atoms with Gasteiger partial charge in [0, 0.05) is 20.9 Å². The van der Waals surface area contributed by atoms with Gasteiger partial charge in [-0.05, 0) is 81.5 Å². The van der Waals surface area contributed by atoms with Crippen LogP contribution in [0.25, 0.3) is 33.3 Å². The van der Waals surface area contributed by atoms with Crippen LogP contribution in [-0.2, 0) is 12.8 Å². The summed E-state index contributed by atoms with van der Waals surface area (Å²) < 4.78 is 5.51. The molecule has 5 heteroatoms. The van der Waals surface area contributed by atoms with E-state index in [1.807, 2.05) is 0 Å². The van der Waals surface area contributed by atoms with Crippen LogP contribution < -0.4 is 0 Å². The molecule has 0 saturated carbocycles. The number of unbranched alkanes of at least 4 members (excludes halogenated alkanes) is 2. The van der Waals surface area contributed by atoms with Gasteiger partial charge in [0.05, 0.1) is 0 Å². The number of fused-ring (bicyclic) bond motifs is 1. The predicted octanol–water partition coefficient (Wildman–Crippen LogP) is 10.7. The minimum Gasteiger partial charge on any atom is -0.243 e. The van der Waals surface area contributed by atoms with Crippen molar-refractivity contribution in [2.24, 2.45) is 11.8 Å². The fourth-order valence-electron chi connectivity index (χ4n) is 5.90. The van der Waals surface area contributed by atoms with Crippen molar-refractivity contribution in [1.82, 2.24) is 10.3 Å². The van der Waals surface area contributed by atoms with E-state index >= 15 is 0 Å². The van der Waals surface area contributed by atoms with Crippen molar-refractivity contribution in [2.75, 3.05) is 0 Å². The van der Waals surface area contributed by atoms with Crippen LogP contribution in [0.5, 0.6) is 0 Å². The monoisotopic (exact) mass is 560 g/mol. The molecule has 0 aliphatic rings. The Morgan fingerprint density at radius 1 is 0.615 bits per heavy atom. The number of benzene rings is 3. The van der Waals surface area contributed by atoms with Gasteiger partial charge in [-0.15, -0.1) is 25.3 Å². The van der Waals surface area contributed by atoms with Crippen molar-refractivity contribution in [3.63, 3.8) is 0 Å². The Morgan fingerprint density at radius 2 is 1.00 bits per heavy atom. The number of hydrogen-bond acceptors (Lipinski definition) is 5. The summed E-state index contributed by atoms with van der Waals surface area (Å²) >= 11 is 9.14. The van der Waals surface area contributed by atoms with Gasteiger partial charge in [-0.3, -0.25) is 0 Å². The lowest BCUT2D eigenvalue weighted by Crippen LogP contribution is -2.13. The van der Waals surface area contributed by atoms with Crippen LogP contribution in [0.15, 0.2) is 63.0 Å². The third kappa shape index (κ3) is 7.10. The van der Waals surface area contributed by atoms with Gasteiger partial charge in [0.1, 0.15) is 11.0 Å². The Balaban J connectivity index is 2.04. The normalized spacial score (nSPS) is 13.2. The van der Waals surface area contributed by atoms with Gasteiger partial charge in [0.2, 0.25) is 0 Å². The summed E-state index contributed by atoms with van der Waals surface area (Å²) in [6.45, 7) is 9.26. The van der Waals surface area contributed by atoms with Crippen LogP contribution in [0.4, 0.5) is 0 Å². The first-order valence-corrected chi connectivity index (χ1v) is 15.8. The fourth-order valence-corrected chi connectivity index (χ4v) is 6.19. The third-order valence-electron chi connectivity index (χ3n) is 8.31. The Labute approximate surface area is 246 Å². The van der Waals surface area contributed by atoms with E-state index in [0.717, 1.165) is 44.8 Å². The molecule has 0 saturated heterocycles. The van der Waals surface area contributed by atoms with E-state index < -0.39 is 0 Å². The summed E-state index contributed by atoms with van der Waals surface area (Å²) in [5, 5.41) is 9.09. The van der Waals surface area contributed by atoms with E-state index in [1.165, 1.54) is 73.6 Å². The zero-order valence-electron chi connectivity index (χ0n) is 24.0. The van der Waals surface area contributed by atoms with Gasteiger partial charge in [-0.1, -0.05) is 103 Å². The molecule has 2 unspecified atom stereocenters. The molecule has 4 rings (SSSR count). The molecule has 0 fully saturated rings. The number of rotatable bonds is 14. The highest BCUT2D eigenvalue weighted by molar-refractivity contribution is 7.80. The minimum atomic E-state index is 0.618. The highest BCUT2D eigenvalue weighted by Gasteiger charge is 2.27. The molecule has 1 heterocycles. The second-order valence-electron chi connectivity index (χ2n) is 11.0. The van der Waals surface area contributed by atoms with Gasteiger partial charge in [-0.25, -0.2) is 4.63 Å². The molecular formula is C34H44N2OS2. The van der Waals surface area contributed by atoms with Gasteiger partial charge < -0.3 is 0 Å². The number of hydrogen-bond donors (Lipinski definition) is 2. The van der Waals surface area contributed by atoms with Crippen molar-refractivity contribution in [2.45, 2.75) is 102 Å². The van der Waals surface area contributed by atoms with E-state index in [1.54, 1.807) is 0 Å². The first-order chi connectivity index (χ1) is 19.0. The van der Waals surface area contributed by atoms with Crippen LogP contribution in [0.3, 0.4) is 0 Å². The zero-order valence-corrected chi connectivity index (χ0v) is 25.8. The first-order valence-electron chi connectivity index (χ1n) is 14.9. The van der Waals surface area contributed by atoms with Crippen LogP contribution >= 0.6 is 25.3 Å². The molecule has 0 aliphatic heterocycles. The predicted molar refractivity (Wildman–Crippen MR) is 171 cm³/mol. The maximum absolute atomic E-state index is 5.51. The van der Waals surface area contributed by atoms with Crippen molar-refractivity contribution in [3.05, 3.63) is 59.7 Å². The minimum absolute atomic E-state index is 0.618. The summed E-state index contributed by atoms with van der Waals surface area (Å²) in [5.41, 5.74) is 9.26. The topological polar surface area (TPSA) is 38.9 Å². The number of thiol groups is 2. The molecule has 0 aliphatic carbocycles. The van der Waals surface area contributed by atoms with E-state index in [2.05, 4.69) is 112 Å². The Morgan fingerprint density at radius 3 is 1.33 bits per heavy atom. The van der Waals surface area contributed by atoms with Crippen molar-refractivity contribution < 1.29 is 4.63 Å². The molecule has 0 amide bonds. The van der Waals surface area contributed by atoms with E-state index in [-0.39, 0.29) is 0 Å². The smallest absolute Gasteiger partial charge is 0.143 e. The Kier molecular flexibility index (Phi) is 11.0. The third-order valence-corrected chi connectivity index (χ3v) is 8.91. The molecule has 4 aromatic rings. The molecule has 3 nitrogen and oxygen atoms in total. The van der Waals surface area contributed by atoms with Gasteiger partial charge in [-0.2, -0.15) is 0 Å². The van der Waals surface area contributed by atoms with Crippen molar-refractivity contribution in [3.8, 4) is 22.3 Å². The fraction of sp³-hybridized carbons (Fsp3) is 0.471. The lowest BCUT2D eigenvalue weighted by molar-refractivity contribution is 0.315. The molecule has 0 radical (unpaired) electrons. The molecule has 208 valence electrons. The van der Waals surface area contributed by atoms with Crippen LogP contribution in [0.1, 0.15) is 90.2 Å². The van der Waals surface area contributed by atoms with Gasteiger partial charge >= 0.3 is 0 Å². The van der Waals surface area contributed by atoms with E-state index in [0.29, 0.717) is 11.8 Å². The Hall–Kier alpha value is -2.24. The summed E-state index contributed by atoms with van der Waals surface area (Å²) in [6, 6.07) is 17.0. The van der Waals surface area contributed by atoms with E-state index in [4.69, 9.17) is 4.63 Å². The van der Waals surface area contributed by atoms with Crippen molar-refractivity contribution >= 4 is 36.3 Å². The average molecular weight is 561 g/mol. The molecule has 0 bridgehead atoms. The summed E-state index contributed by atoms with van der Waals surface area (Å²) in [4.78, 5) is 1.91. The SMILES string of the molecule is CCCCC(CC)Cc1c(CC(CC)CCCC)c(-c2ccc(S)cc2)c2nonc2c1-c1ccc(S)cc1. The lowest BCUT2D eigenvalue weighted by atomic mass is 9.78. The summed E-state index contributed by atoms with van der Waals surface area (Å²) in [5.74, 6) is 1.24. The van der Waals surface area contributed by atoms with Crippen LogP contribution in [0, 0.1) is 11.8 Å². The first kappa shape index (κ1) is 29.7. The highest BCUT2D eigenvalue weighted by atomic mass is 32.1. The van der Waals surface area contributed by atoms with Gasteiger partial charge in [0.15, 0.2) is 0 Å². The lowest BCUT2D eigenvalue weighted by Gasteiger charge is -2.26. The van der Waals surface area contributed by atoms with Gasteiger partial charge in [0.25, 0.3) is 0 Å². The summed E-state index contributed by atoms with van der Waals surface area (Å²) in [7, 11) is 0. The van der Waals surface area contributed by atoms with Crippen molar-refractivity contribution in [1.29, 1.82) is 0 Å². The molecule has 2 atom stereocenters. The largest absolute Gasteiger partial charge is 0.243 e. The molecule has 0 N–H and O–H groups in total.